The summed E-state index contributed by atoms with van der Waals surface area (Å²) < 4.78 is 13.0. The topological polar surface area (TPSA) is 24.9 Å². The van der Waals surface area contributed by atoms with E-state index in [1.165, 1.54) is 10.4 Å². The number of thiazole rings is 1. The number of hydrogen-bond acceptors (Lipinski definition) is 3. The van der Waals surface area contributed by atoms with Crippen molar-refractivity contribution in [2.45, 2.75) is 33.1 Å². The smallest absolute Gasteiger partial charge is 0.123 e. The van der Waals surface area contributed by atoms with E-state index in [9.17, 15) is 4.39 Å². The maximum Gasteiger partial charge on any atom is 0.123 e. The molecule has 0 aliphatic rings. The summed E-state index contributed by atoms with van der Waals surface area (Å²) in [5, 5.41) is 4.62. The molecule has 1 aromatic heterocycles. The number of nitrogens with one attached hydrogen (secondary N) is 1. The predicted molar refractivity (Wildman–Crippen MR) is 87.3 cm³/mol. The zero-order valence-corrected chi connectivity index (χ0v) is 13.5. The fraction of sp³-hybridized carbons (Fsp3) is 0.471. The number of halogens is 1. The number of nitrogens with zero attached hydrogens (tertiary/aromatic N) is 1. The van der Waals surface area contributed by atoms with E-state index in [0.29, 0.717) is 5.92 Å². The zero-order valence-electron chi connectivity index (χ0n) is 12.7. The van der Waals surface area contributed by atoms with Crippen molar-refractivity contribution in [1.29, 1.82) is 0 Å². The fourth-order valence-electron chi connectivity index (χ4n) is 2.44. The molecular weight excluding hydrogens is 283 g/mol. The van der Waals surface area contributed by atoms with Crippen LogP contribution in [0.1, 0.15) is 28.8 Å². The summed E-state index contributed by atoms with van der Waals surface area (Å²) in [5.41, 5.74) is 1.20. The molecule has 0 saturated carbocycles. The third-order valence-corrected chi connectivity index (χ3v) is 4.39. The molecule has 0 saturated heterocycles. The van der Waals surface area contributed by atoms with Crippen LogP contribution in [0.15, 0.2) is 30.5 Å². The molecule has 1 heterocycles. The van der Waals surface area contributed by atoms with Gasteiger partial charge in [-0.15, -0.1) is 11.3 Å². The van der Waals surface area contributed by atoms with Gasteiger partial charge in [-0.2, -0.15) is 0 Å². The van der Waals surface area contributed by atoms with Crippen molar-refractivity contribution in [3.8, 4) is 0 Å². The third kappa shape index (κ3) is 5.56. The Labute approximate surface area is 130 Å². The Morgan fingerprint density at radius 3 is 2.62 bits per heavy atom. The number of hydrogen-bond donors (Lipinski definition) is 1. The molecule has 0 amide bonds. The normalized spacial score (nSPS) is 12.5. The highest BCUT2D eigenvalue weighted by Crippen LogP contribution is 2.19. The SMILES string of the molecule is CCCNCC(Cc1ccc(F)cc1)Cc1cnc(C)s1. The zero-order chi connectivity index (χ0) is 15.1. The third-order valence-electron chi connectivity index (χ3n) is 3.46. The minimum Gasteiger partial charge on any atom is -0.316 e. The number of benzene rings is 1. The molecule has 1 atom stereocenters. The van der Waals surface area contributed by atoms with Crippen molar-refractivity contribution in [1.82, 2.24) is 10.3 Å². The summed E-state index contributed by atoms with van der Waals surface area (Å²) in [6, 6.07) is 6.87. The lowest BCUT2D eigenvalue weighted by Crippen LogP contribution is -2.26. The van der Waals surface area contributed by atoms with Gasteiger partial charge >= 0.3 is 0 Å². The van der Waals surface area contributed by atoms with E-state index in [0.717, 1.165) is 37.4 Å². The van der Waals surface area contributed by atoms with E-state index in [2.05, 4.69) is 17.2 Å². The molecule has 2 aromatic rings. The second-order valence-electron chi connectivity index (χ2n) is 5.45. The first-order valence-electron chi connectivity index (χ1n) is 7.54. The van der Waals surface area contributed by atoms with Crippen LogP contribution in [0.4, 0.5) is 4.39 Å². The van der Waals surface area contributed by atoms with Crippen molar-refractivity contribution in [3.05, 3.63) is 51.7 Å². The minimum atomic E-state index is -0.169. The summed E-state index contributed by atoms with van der Waals surface area (Å²) in [4.78, 5) is 5.66. The molecule has 0 fully saturated rings. The lowest BCUT2D eigenvalue weighted by molar-refractivity contribution is 0.473. The summed E-state index contributed by atoms with van der Waals surface area (Å²) in [5.74, 6) is 0.347. The summed E-state index contributed by atoms with van der Waals surface area (Å²) in [6.07, 6.45) is 5.12. The van der Waals surface area contributed by atoms with Gasteiger partial charge in [-0.3, -0.25) is 0 Å². The fourth-order valence-corrected chi connectivity index (χ4v) is 3.35. The van der Waals surface area contributed by atoms with Crippen LogP contribution in [-0.4, -0.2) is 18.1 Å². The van der Waals surface area contributed by atoms with Crippen LogP contribution in [-0.2, 0) is 12.8 Å². The molecule has 21 heavy (non-hydrogen) atoms. The maximum absolute atomic E-state index is 13.0. The van der Waals surface area contributed by atoms with E-state index in [1.807, 2.05) is 25.3 Å². The van der Waals surface area contributed by atoms with Crippen LogP contribution >= 0.6 is 11.3 Å². The van der Waals surface area contributed by atoms with Crippen molar-refractivity contribution in [2.24, 2.45) is 5.92 Å². The standard InChI is InChI=1S/C17H23FN2S/c1-3-8-19-11-15(10-17-12-20-13(2)21-17)9-14-4-6-16(18)7-5-14/h4-7,12,15,19H,3,8-11H2,1-2H3. The molecule has 114 valence electrons. The largest absolute Gasteiger partial charge is 0.316 e. The van der Waals surface area contributed by atoms with Gasteiger partial charge < -0.3 is 5.32 Å². The Morgan fingerprint density at radius 1 is 1.24 bits per heavy atom. The van der Waals surface area contributed by atoms with Gasteiger partial charge in [0.05, 0.1) is 5.01 Å². The van der Waals surface area contributed by atoms with E-state index in [1.54, 1.807) is 23.5 Å². The first kappa shape index (κ1) is 16.1. The molecule has 0 aliphatic heterocycles. The summed E-state index contributed by atoms with van der Waals surface area (Å²) in [7, 11) is 0. The van der Waals surface area contributed by atoms with Gasteiger partial charge in [0.15, 0.2) is 0 Å². The molecule has 4 heteroatoms. The van der Waals surface area contributed by atoms with E-state index in [4.69, 9.17) is 0 Å². The highest BCUT2D eigenvalue weighted by Gasteiger charge is 2.12. The molecule has 0 radical (unpaired) electrons. The molecule has 0 aliphatic carbocycles. The predicted octanol–water partition coefficient (Wildman–Crippen LogP) is 3.99. The van der Waals surface area contributed by atoms with Gasteiger partial charge in [0.25, 0.3) is 0 Å². The monoisotopic (exact) mass is 306 g/mol. The van der Waals surface area contributed by atoms with Gasteiger partial charge in [0.2, 0.25) is 0 Å². The Kier molecular flexibility index (Phi) is 6.33. The van der Waals surface area contributed by atoms with Gasteiger partial charge in [-0.25, -0.2) is 9.37 Å². The average molecular weight is 306 g/mol. The second-order valence-corrected chi connectivity index (χ2v) is 6.77. The molecule has 1 N–H and O–H groups in total. The first-order valence-corrected chi connectivity index (χ1v) is 8.35. The van der Waals surface area contributed by atoms with E-state index >= 15 is 0 Å². The Bertz CT molecular complexity index is 536. The summed E-state index contributed by atoms with van der Waals surface area (Å²) >= 11 is 1.77. The second kappa shape index (κ2) is 8.25. The maximum atomic E-state index is 13.0. The highest BCUT2D eigenvalue weighted by molar-refractivity contribution is 7.11. The minimum absolute atomic E-state index is 0.169. The average Bonchev–Trinajstić information content (AvgIpc) is 2.87. The van der Waals surface area contributed by atoms with Gasteiger partial charge in [0, 0.05) is 11.1 Å². The van der Waals surface area contributed by atoms with Crippen LogP contribution in [0.3, 0.4) is 0 Å². The van der Waals surface area contributed by atoms with Gasteiger partial charge in [-0.1, -0.05) is 19.1 Å². The highest BCUT2D eigenvalue weighted by atomic mass is 32.1. The summed E-state index contributed by atoms with van der Waals surface area (Å²) in [6.45, 7) is 6.25. The first-order chi connectivity index (χ1) is 10.2. The quantitative estimate of drug-likeness (QED) is 0.746. The molecule has 1 aromatic carbocycles. The van der Waals surface area contributed by atoms with Crippen LogP contribution in [0.5, 0.6) is 0 Å². The lowest BCUT2D eigenvalue weighted by atomic mass is 9.95. The van der Waals surface area contributed by atoms with E-state index < -0.39 is 0 Å². The Balaban J connectivity index is 1.98. The van der Waals surface area contributed by atoms with Crippen LogP contribution in [0.25, 0.3) is 0 Å². The Morgan fingerprint density at radius 2 is 2.00 bits per heavy atom. The van der Waals surface area contributed by atoms with E-state index in [-0.39, 0.29) is 5.82 Å². The number of rotatable bonds is 8. The number of aromatic nitrogens is 1. The van der Waals surface area contributed by atoms with Crippen LogP contribution < -0.4 is 5.32 Å². The molecular formula is C17H23FN2S. The van der Waals surface area contributed by atoms with Crippen molar-refractivity contribution in [3.63, 3.8) is 0 Å². The molecule has 0 bridgehead atoms. The lowest BCUT2D eigenvalue weighted by Gasteiger charge is -2.17. The Hall–Kier alpha value is -1.26. The number of aryl methyl sites for hydroxylation is 1. The van der Waals surface area contributed by atoms with Crippen molar-refractivity contribution >= 4 is 11.3 Å². The van der Waals surface area contributed by atoms with Crippen molar-refractivity contribution < 1.29 is 4.39 Å². The van der Waals surface area contributed by atoms with Gasteiger partial charge in [-0.05, 0) is 62.9 Å². The van der Waals surface area contributed by atoms with Gasteiger partial charge in [0.1, 0.15) is 5.82 Å². The van der Waals surface area contributed by atoms with Crippen LogP contribution in [0.2, 0.25) is 0 Å². The van der Waals surface area contributed by atoms with Crippen LogP contribution in [0, 0.1) is 18.7 Å². The molecule has 2 nitrogen and oxygen atoms in total. The molecule has 2 rings (SSSR count). The molecule has 0 spiro atoms. The van der Waals surface area contributed by atoms with Crippen molar-refractivity contribution in [2.75, 3.05) is 13.1 Å². The molecule has 1 unspecified atom stereocenters.